The predicted molar refractivity (Wildman–Crippen MR) is 72.0 cm³/mol. The minimum atomic E-state index is -0.391. The second kappa shape index (κ2) is 4.20. The van der Waals surface area contributed by atoms with Gasteiger partial charge in [0.15, 0.2) is 5.69 Å². The largest absolute Gasteiger partial charge is 0.358 e. The van der Waals surface area contributed by atoms with Crippen LogP contribution in [-0.4, -0.2) is 14.3 Å². The van der Waals surface area contributed by atoms with Gasteiger partial charge >= 0.3 is 5.82 Å². The van der Waals surface area contributed by atoms with Crippen LogP contribution < -0.4 is 0 Å². The third kappa shape index (κ3) is 1.85. The lowest BCUT2D eigenvalue weighted by molar-refractivity contribution is -0.389. The van der Waals surface area contributed by atoms with Crippen LogP contribution >= 0.6 is 0 Å². The Morgan fingerprint density at radius 3 is 2.79 bits per heavy atom. The van der Waals surface area contributed by atoms with E-state index in [1.165, 1.54) is 4.40 Å². The maximum absolute atomic E-state index is 11.3. The molecule has 0 radical (unpaired) electrons. The molecule has 2 heterocycles. The Balaban J connectivity index is 2.34. The molecule has 0 amide bonds. The molecule has 1 aromatic carbocycles. The van der Waals surface area contributed by atoms with Gasteiger partial charge in [-0.2, -0.15) is 9.38 Å². The Hall–Kier alpha value is -2.69. The number of hydrogen-bond acceptors (Lipinski definition) is 3. The lowest BCUT2D eigenvalue weighted by Gasteiger charge is -1.99. The number of imidazole rings is 1. The fourth-order valence-electron chi connectivity index (χ4n) is 2.14. The highest BCUT2D eigenvalue weighted by atomic mass is 16.6. The zero-order valence-electron chi connectivity index (χ0n) is 10.3. The molecule has 0 bridgehead atoms. The number of rotatable bonds is 2. The number of benzene rings is 1. The Morgan fingerprint density at radius 1 is 1.21 bits per heavy atom. The highest BCUT2D eigenvalue weighted by molar-refractivity contribution is 5.72. The first kappa shape index (κ1) is 11.4. The maximum Gasteiger partial charge on any atom is 0.355 e. The molecule has 0 N–H and O–H groups in total. The van der Waals surface area contributed by atoms with Gasteiger partial charge in [-0.1, -0.05) is 29.8 Å². The summed E-state index contributed by atoms with van der Waals surface area (Å²) in [6.45, 7) is 1.95. The summed E-state index contributed by atoms with van der Waals surface area (Å²) in [5, 5.41) is 11.3. The summed E-state index contributed by atoms with van der Waals surface area (Å²) in [4.78, 5) is 15.3. The van der Waals surface area contributed by atoms with E-state index in [4.69, 9.17) is 0 Å². The van der Waals surface area contributed by atoms with E-state index in [1.54, 1.807) is 18.3 Å². The van der Waals surface area contributed by atoms with Crippen molar-refractivity contribution in [1.29, 1.82) is 0 Å². The normalized spacial score (nSPS) is 10.8. The van der Waals surface area contributed by atoms with Crippen molar-refractivity contribution in [3.05, 3.63) is 64.3 Å². The molecular formula is C14H11N3O2. The monoisotopic (exact) mass is 253 g/mol. The molecule has 0 aliphatic carbocycles. The van der Waals surface area contributed by atoms with Crippen LogP contribution in [0.4, 0.5) is 5.82 Å². The molecule has 2 aromatic heterocycles. The third-order valence-electron chi connectivity index (χ3n) is 2.97. The molecule has 0 unspecified atom stereocenters. The van der Waals surface area contributed by atoms with Crippen molar-refractivity contribution in [2.45, 2.75) is 6.92 Å². The molecule has 0 fully saturated rings. The molecule has 0 aliphatic heterocycles. The van der Waals surface area contributed by atoms with Gasteiger partial charge in [0.25, 0.3) is 0 Å². The van der Waals surface area contributed by atoms with Crippen LogP contribution in [0, 0.1) is 17.0 Å². The second-order valence-electron chi connectivity index (χ2n) is 4.34. The average Bonchev–Trinajstić information content (AvgIpc) is 2.78. The number of fused-ring (bicyclic) bond motifs is 1. The van der Waals surface area contributed by atoms with Crippen LogP contribution in [0.15, 0.2) is 48.7 Å². The number of aryl methyl sites for hydroxylation is 1. The van der Waals surface area contributed by atoms with E-state index >= 15 is 0 Å². The van der Waals surface area contributed by atoms with Crippen LogP contribution in [-0.2, 0) is 0 Å². The van der Waals surface area contributed by atoms with Gasteiger partial charge in [-0.3, -0.25) is 0 Å². The standard InChI is InChI=1S/C14H11N3O2/c1-10-5-4-6-11(9-10)13-14(17(18)19)16-8-3-2-7-12(16)15-13/h2-9H,1H3. The highest BCUT2D eigenvalue weighted by Gasteiger charge is 2.23. The quantitative estimate of drug-likeness (QED) is 0.520. The van der Waals surface area contributed by atoms with E-state index in [0.29, 0.717) is 11.3 Å². The van der Waals surface area contributed by atoms with Crippen molar-refractivity contribution in [3.63, 3.8) is 0 Å². The Morgan fingerprint density at radius 2 is 2.05 bits per heavy atom. The lowest BCUT2D eigenvalue weighted by atomic mass is 10.1. The van der Waals surface area contributed by atoms with Gasteiger partial charge in [0.2, 0.25) is 5.65 Å². The minimum absolute atomic E-state index is 0.00111. The molecule has 3 aromatic rings. The molecule has 0 atom stereocenters. The summed E-state index contributed by atoms with van der Waals surface area (Å²) in [6.07, 6.45) is 1.65. The molecule has 0 spiro atoms. The summed E-state index contributed by atoms with van der Waals surface area (Å²) in [7, 11) is 0. The molecule has 19 heavy (non-hydrogen) atoms. The third-order valence-corrected chi connectivity index (χ3v) is 2.97. The SMILES string of the molecule is Cc1cccc(-c2nc3ccccn3c2[N+](=O)[O-])c1. The number of nitrogens with zero attached hydrogens (tertiary/aromatic N) is 3. The van der Waals surface area contributed by atoms with E-state index < -0.39 is 4.92 Å². The van der Waals surface area contributed by atoms with Crippen LogP contribution in [0.5, 0.6) is 0 Å². The van der Waals surface area contributed by atoms with Crippen molar-refractivity contribution < 1.29 is 4.92 Å². The number of aromatic nitrogens is 2. The maximum atomic E-state index is 11.3. The van der Waals surface area contributed by atoms with Gasteiger partial charge in [-0.05, 0) is 24.0 Å². The van der Waals surface area contributed by atoms with E-state index in [2.05, 4.69) is 4.98 Å². The minimum Gasteiger partial charge on any atom is -0.358 e. The summed E-state index contributed by atoms with van der Waals surface area (Å²) in [6, 6.07) is 12.9. The molecule has 3 rings (SSSR count). The van der Waals surface area contributed by atoms with Crippen molar-refractivity contribution in [3.8, 4) is 11.3 Å². The summed E-state index contributed by atoms with van der Waals surface area (Å²) in [5.74, 6) is 0.00111. The molecular weight excluding hydrogens is 242 g/mol. The van der Waals surface area contributed by atoms with Crippen LogP contribution in [0.25, 0.3) is 16.9 Å². The Bertz CT molecular complexity index is 777. The van der Waals surface area contributed by atoms with Gasteiger partial charge in [0.1, 0.15) is 0 Å². The first-order valence-electron chi connectivity index (χ1n) is 5.85. The fraction of sp³-hybridized carbons (Fsp3) is 0.0714. The molecule has 0 saturated heterocycles. The van der Waals surface area contributed by atoms with Crippen LogP contribution in [0.3, 0.4) is 0 Å². The molecule has 94 valence electrons. The number of nitro groups is 1. The zero-order chi connectivity index (χ0) is 13.4. The highest BCUT2D eigenvalue weighted by Crippen LogP contribution is 2.30. The lowest BCUT2D eigenvalue weighted by Crippen LogP contribution is -1.95. The summed E-state index contributed by atoms with van der Waals surface area (Å²) < 4.78 is 1.50. The van der Waals surface area contributed by atoms with Gasteiger partial charge in [-0.15, -0.1) is 0 Å². The second-order valence-corrected chi connectivity index (χ2v) is 4.34. The smallest absolute Gasteiger partial charge is 0.355 e. The molecule has 0 aliphatic rings. The number of pyridine rings is 1. The van der Waals surface area contributed by atoms with Crippen LogP contribution in [0.1, 0.15) is 5.56 Å². The van der Waals surface area contributed by atoms with Gasteiger partial charge in [0.05, 0.1) is 6.20 Å². The van der Waals surface area contributed by atoms with E-state index in [1.807, 2.05) is 37.3 Å². The zero-order valence-corrected chi connectivity index (χ0v) is 10.3. The summed E-state index contributed by atoms with van der Waals surface area (Å²) >= 11 is 0. The summed E-state index contributed by atoms with van der Waals surface area (Å²) in [5.41, 5.74) is 2.78. The Labute approximate surface area is 109 Å². The van der Waals surface area contributed by atoms with E-state index in [0.717, 1.165) is 11.1 Å². The number of hydrogen-bond donors (Lipinski definition) is 0. The van der Waals surface area contributed by atoms with Crippen LogP contribution in [0.2, 0.25) is 0 Å². The molecule has 5 heteroatoms. The average molecular weight is 253 g/mol. The first-order chi connectivity index (χ1) is 9.16. The van der Waals surface area contributed by atoms with Crippen molar-refractivity contribution in [2.24, 2.45) is 0 Å². The van der Waals surface area contributed by atoms with Gasteiger partial charge < -0.3 is 10.1 Å². The van der Waals surface area contributed by atoms with Crippen molar-refractivity contribution >= 4 is 11.5 Å². The van der Waals surface area contributed by atoms with E-state index in [9.17, 15) is 10.1 Å². The molecule has 0 saturated carbocycles. The first-order valence-corrected chi connectivity index (χ1v) is 5.85. The Kier molecular flexibility index (Phi) is 2.52. The van der Waals surface area contributed by atoms with E-state index in [-0.39, 0.29) is 5.82 Å². The van der Waals surface area contributed by atoms with Gasteiger partial charge in [-0.25, -0.2) is 0 Å². The van der Waals surface area contributed by atoms with Gasteiger partial charge in [0, 0.05) is 11.6 Å². The molecule has 5 nitrogen and oxygen atoms in total. The predicted octanol–water partition coefficient (Wildman–Crippen LogP) is 3.22. The fourth-order valence-corrected chi connectivity index (χ4v) is 2.14. The van der Waals surface area contributed by atoms with Crippen molar-refractivity contribution in [1.82, 2.24) is 9.38 Å². The topological polar surface area (TPSA) is 60.4 Å². The van der Waals surface area contributed by atoms with Crippen molar-refractivity contribution in [2.75, 3.05) is 0 Å².